The molecule has 4 rings (SSSR count). The molecule has 1 heterocycles. The second kappa shape index (κ2) is 7.44. The maximum absolute atomic E-state index is 13.1. The Bertz CT molecular complexity index is 921. The van der Waals surface area contributed by atoms with Crippen LogP contribution in [0, 0.1) is 11.7 Å². The van der Waals surface area contributed by atoms with E-state index in [1.807, 2.05) is 24.3 Å². The topological polar surface area (TPSA) is 90.5 Å². The summed E-state index contributed by atoms with van der Waals surface area (Å²) in [7, 11) is 0. The molecule has 0 bridgehead atoms. The third-order valence-corrected chi connectivity index (χ3v) is 6.25. The number of rotatable bonds is 5. The lowest BCUT2D eigenvalue weighted by atomic mass is 9.87. The van der Waals surface area contributed by atoms with E-state index in [0.29, 0.717) is 18.5 Å². The summed E-state index contributed by atoms with van der Waals surface area (Å²) in [5.41, 5.74) is 0.581. The Labute approximate surface area is 166 Å². The van der Waals surface area contributed by atoms with E-state index in [-0.39, 0.29) is 17.6 Å². The number of halogens is 1. The van der Waals surface area contributed by atoms with Gasteiger partial charge in [-0.1, -0.05) is 18.6 Å². The van der Waals surface area contributed by atoms with E-state index in [9.17, 15) is 19.1 Å². The molecule has 6 nitrogen and oxygen atoms in total. The van der Waals surface area contributed by atoms with Crippen molar-refractivity contribution in [2.24, 2.45) is 5.92 Å². The van der Waals surface area contributed by atoms with Crippen molar-refractivity contribution in [3.05, 3.63) is 48.3 Å². The van der Waals surface area contributed by atoms with Crippen LogP contribution in [0.4, 0.5) is 9.18 Å². The molecule has 0 radical (unpaired) electrons. The molecule has 1 saturated heterocycles. The fourth-order valence-corrected chi connectivity index (χ4v) is 4.72. The van der Waals surface area contributed by atoms with Crippen LogP contribution in [0.25, 0.3) is 11.1 Å². The van der Waals surface area contributed by atoms with Crippen LogP contribution in [-0.4, -0.2) is 29.1 Å². The molecule has 4 N–H and O–H groups in total. The van der Waals surface area contributed by atoms with Crippen LogP contribution in [0.15, 0.2) is 47.4 Å². The van der Waals surface area contributed by atoms with Crippen molar-refractivity contribution >= 4 is 23.9 Å². The van der Waals surface area contributed by atoms with Crippen molar-refractivity contribution in [1.29, 1.82) is 0 Å². The van der Waals surface area contributed by atoms with Crippen LogP contribution in [0.3, 0.4) is 0 Å². The van der Waals surface area contributed by atoms with Crippen LogP contribution < -0.4 is 15.4 Å². The zero-order valence-corrected chi connectivity index (χ0v) is 15.8. The summed E-state index contributed by atoms with van der Waals surface area (Å²) in [6.45, 7) is 0.596. The molecule has 28 heavy (non-hydrogen) atoms. The average molecular weight is 401 g/mol. The lowest BCUT2D eigenvalue weighted by Crippen LogP contribution is -2.52. The van der Waals surface area contributed by atoms with Gasteiger partial charge in [0.1, 0.15) is 17.1 Å². The number of urea groups is 1. The van der Waals surface area contributed by atoms with Gasteiger partial charge in [-0.25, -0.2) is 9.18 Å². The monoisotopic (exact) mass is 401 g/mol. The molecule has 1 aliphatic heterocycles. The molecule has 2 atom stereocenters. The van der Waals surface area contributed by atoms with E-state index in [1.165, 1.54) is 18.0 Å². The molecule has 2 aromatic rings. The van der Waals surface area contributed by atoms with Gasteiger partial charge in [-0.05, 0) is 54.6 Å². The highest BCUT2D eigenvalue weighted by atomic mass is 32.2. The number of nitrogens with one attached hydrogen (secondary N) is 3. The zero-order chi connectivity index (χ0) is 19.7. The summed E-state index contributed by atoms with van der Waals surface area (Å²) in [4.78, 5) is 24.7. The number of aromatic hydroxyl groups is 1. The minimum Gasteiger partial charge on any atom is -0.507 e. The molecule has 146 valence electrons. The van der Waals surface area contributed by atoms with Gasteiger partial charge in [0.25, 0.3) is 5.91 Å². The molecule has 1 aliphatic carbocycles. The van der Waals surface area contributed by atoms with Crippen molar-refractivity contribution in [3.63, 3.8) is 0 Å². The summed E-state index contributed by atoms with van der Waals surface area (Å²) in [6, 6.07) is 11.1. The lowest BCUT2D eigenvalue weighted by Gasteiger charge is -2.28. The number of imide groups is 1. The second-order valence-electron chi connectivity index (χ2n) is 7.11. The van der Waals surface area contributed by atoms with E-state index in [1.54, 1.807) is 6.07 Å². The maximum Gasteiger partial charge on any atom is 0.322 e. The standard InChI is InChI=1S/C20H20FN3O3S/c21-14-5-8-16(17(25)10-14)12-3-6-15(7-4-12)28-22-11-13-2-1-9-20(13)18(26)23-19(27)24-20/h3-8,10,13,22,25H,1-2,9,11H2,(H2,23,24,26,27). The minimum atomic E-state index is -0.783. The smallest absolute Gasteiger partial charge is 0.322 e. The molecular weight excluding hydrogens is 381 g/mol. The highest BCUT2D eigenvalue weighted by molar-refractivity contribution is 7.97. The predicted octanol–water partition coefficient (Wildman–Crippen LogP) is 3.17. The van der Waals surface area contributed by atoms with Gasteiger partial charge in [0, 0.05) is 29.0 Å². The van der Waals surface area contributed by atoms with Gasteiger partial charge in [-0.2, -0.15) is 0 Å². The van der Waals surface area contributed by atoms with E-state index in [2.05, 4.69) is 15.4 Å². The summed E-state index contributed by atoms with van der Waals surface area (Å²) in [5, 5.41) is 15.1. The van der Waals surface area contributed by atoms with E-state index >= 15 is 0 Å². The first-order chi connectivity index (χ1) is 13.5. The molecule has 2 aliphatic rings. The predicted molar refractivity (Wildman–Crippen MR) is 104 cm³/mol. The zero-order valence-electron chi connectivity index (χ0n) is 15.0. The number of carbonyl (C=O) groups is 2. The fraction of sp³-hybridized carbons (Fsp3) is 0.300. The number of benzene rings is 2. The van der Waals surface area contributed by atoms with Crippen LogP contribution in [0.5, 0.6) is 5.75 Å². The number of amides is 3. The van der Waals surface area contributed by atoms with Crippen LogP contribution >= 0.6 is 11.9 Å². The number of hydrogen-bond acceptors (Lipinski definition) is 5. The molecular formula is C20H20FN3O3S. The highest BCUT2D eigenvalue weighted by Crippen LogP contribution is 2.38. The Morgan fingerprint density at radius 1 is 1.21 bits per heavy atom. The van der Waals surface area contributed by atoms with Gasteiger partial charge in [0.15, 0.2) is 0 Å². The first-order valence-corrected chi connectivity index (χ1v) is 9.92. The van der Waals surface area contributed by atoms with Crippen molar-refractivity contribution < 1.29 is 19.1 Å². The molecule has 2 unspecified atom stereocenters. The molecule has 2 aromatic carbocycles. The number of hydrogen-bond donors (Lipinski definition) is 4. The maximum atomic E-state index is 13.1. The van der Waals surface area contributed by atoms with Crippen LogP contribution in [0.2, 0.25) is 0 Å². The SMILES string of the molecule is O=C1NC(=O)C2(CCCC2CNSc2ccc(-c3ccc(F)cc3O)cc2)N1. The van der Waals surface area contributed by atoms with Crippen LogP contribution in [-0.2, 0) is 4.79 Å². The number of phenolic OH excluding ortho intramolecular Hbond substituents is 1. The molecule has 0 aromatic heterocycles. The summed E-state index contributed by atoms with van der Waals surface area (Å²) in [5.74, 6) is -0.756. The average Bonchev–Trinajstić information content (AvgIpc) is 3.19. The number of phenols is 1. The molecule has 1 saturated carbocycles. The van der Waals surface area contributed by atoms with Gasteiger partial charge in [0.2, 0.25) is 0 Å². The van der Waals surface area contributed by atoms with Crippen molar-refractivity contribution in [2.45, 2.75) is 29.7 Å². The summed E-state index contributed by atoms with van der Waals surface area (Å²) in [6.07, 6.45) is 2.45. The fourth-order valence-electron chi connectivity index (χ4n) is 4.00. The molecule has 8 heteroatoms. The Morgan fingerprint density at radius 3 is 2.68 bits per heavy atom. The third-order valence-electron chi connectivity index (χ3n) is 5.43. The van der Waals surface area contributed by atoms with E-state index < -0.39 is 17.4 Å². The van der Waals surface area contributed by atoms with E-state index in [0.717, 1.165) is 29.4 Å². The Hall–Kier alpha value is -2.58. The Kier molecular flexibility index (Phi) is 4.99. The van der Waals surface area contributed by atoms with Crippen LogP contribution in [0.1, 0.15) is 19.3 Å². The first-order valence-electron chi connectivity index (χ1n) is 9.10. The van der Waals surface area contributed by atoms with Gasteiger partial charge < -0.3 is 10.4 Å². The summed E-state index contributed by atoms with van der Waals surface area (Å²) < 4.78 is 16.4. The Balaban J connectivity index is 1.37. The number of carbonyl (C=O) groups excluding carboxylic acids is 2. The van der Waals surface area contributed by atoms with Crippen molar-refractivity contribution in [2.75, 3.05) is 6.54 Å². The van der Waals surface area contributed by atoms with Gasteiger partial charge >= 0.3 is 6.03 Å². The Morgan fingerprint density at radius 2 is 2.00 bits per heavy atom. The minimum absolute atomic E-state index is 0.0434. The lowest BCUT2D eigenvalue weighted by molar-refractivity contribution is -0.125. The third kappa shape index (κ3) is 3.45. The largest absolute Gasteiger partial charge is 0.507 e. The van der Waals surface area contributed by atoms with Crippen molar-refractivity contribution in [1.82, 2.24) is 15.4 Å². The first kappa shape index (κ1) is 18.8. The molecule has 3 amide bonds. The second-order valence-corrected chi connectivity index (χ2v) is 8.07. The normalized spacial score (nSPS) is 23.8. The van der Waals surface area contributed by atoms with Gasteiger partial charge in [-0.3, -0.25) is 14.8 Å². The highest BCUT2D eigenvalue weighted by Gasteiger charge is 2.53. The van der Waals surface area contributed by atoms with Gasteiger partial charge in [0.05, 0.1) is 0 Å². The summed E-state index contributed by atoms with van der Waals surface area (Å²) >= 11 is 1.45. The molecule has 1 spiro atoms. The molecule has 2 fully saturated rings. The van der Waals surface area contributed by atoms with Crippen molar-refractivity contribution in [3.8, 4) is 16.9 Å². The van der Waals surface area contributed by atoms with Gasteiger partial charge in [-0.15, -0.1) is 0 Å². The van der Waals surface area contributed by atoms with E-state index in [4.69, 9.17) is 0 Å². The quantitative estimate of drug-likeness (QED) is 0.456.